The van der Waals surface area contributed by atoms with Crippen molar-refractivity contribution in [1.29, 1.82) is 0 Å². The van der Waals surface area contributed by atoms with Gasteiger partial charge in [0.1, 0.15) is 0 Å². The highest BCUT2D eigenvalue weighted by atomic mass is 35.6. The van der Waals surface area contributed by atoms with Crippen LogP contribution in [0.25, 0.3) is 0 Å². The van der Waals surface area contributed by atoms with E-state index in [1.165, 1.54) is 0 Å². The summed E-state index contributed by atoms with van der Waals surface area (Å²) in [6, 6.07) is 0. The molecule has 3 aromatic rings. The van der Waals surface area contributed by atoms with Gasteiger partial charge in [0.2, 0.25) is 7.38 Å². The van der Waals surface area contributed by atoms with Crippen molar-refractivity contribution in [1.82, 2.24) is 0 Å². The average molecular weight is 1030 g/mol. The second kappa shape index (κ2) is 17.0. The Labute approximate surface area is 401 Å². The molecule has 0 nitrogen and oxygen atoms in total. The minimum absolute atomic E-state index is 1.58. The zero-order valence-electron chi connectivity index (χ0n) is 47.4. The molecule has 350 valence electrons. The number of hydrogen-bond acceptors (Lipinski definition) is 0. The first-order valence-electron chi connectivity index (χ1n) is 24.2. The maximum absolute atomic E-state index is 9.84. The van der Waals surface area contributed by atoms with Gasteiger partial charge in [-0.2, -0.15) is 0 Å². The molecular weight excluding hydrogens is 929 g/mol. The van der Waals surface area contributed by atoms with Crippen LogP contribution in [0.4, 0.5) is 0 Å². The van der Waals surface area contributed by atoms with Crippen LogP contribution in [-0.4, -0.2) is 80.0 Å². The van der Waals surface area contributed by atoms with Crippen LogP contribution in [0.1, 0.15) is 33.4 Å². The first-order valence-corrected chi connectivity index (χ1v) is 58.7. The number of rotatable bonds is 12. The first-order chi connectivity index (χ1) is 26.9. The molecule has 0 fully saturated rings. The molecular formula is C51H99ClSi10. The monoisotopic (exact) mass is 1030 g/mol. The molecule has 0 aliphatic carbocycles. The summed E-state index contributed by atoms with van der Waals surface area (Å²) >= 11 is 9.84. The third-order valence-electron chi connectivity index (χ3n) is 13.8. The molecule has 0 saturated carbocycles. The van der Waals surface area contributed by atoms with E-state index in [1.807, 2.05) is 15.6 Å². The van der Waals surface area contributed by atoms with Gasteiger partial charge < -0.3 is 0 Å². The predicted octanol–water partition coefficient (Wildman–Crippen LogP) is 9.65. The minimum atomic E-state index is -3.40. The minimum Gasteiger partial charge on any atom is -0.149 e. The summed E-state index contributed by atoms with van der Waals surface area (Å²) in [6.07, 6.45) is 0. The van der Waals surface area contributed by atoms with Gasteiger partial charge in [0.15, 0.2) is 0 Å². The van der Waals surface area contributed by atoms with E-state index in [9.17, 15) is 11.1 Å². The maximum Gasteiger partial charge on any atom is 0.249 e. The zero-order chi connectivity index (χ0) is 49.4. The molecule has 0 unspecified atom stereocenters. The summed E-state index contributed by atoms with van der Waals surface area (Å²) in [5.74, 6) is 0. The fraction of sp³-hybridized carbons (Fsp3) is 0.647. The van der Waals surface area contributed by atoms with Gasteiger partial charge in [-0.1, -0.05) is 257 Å². The molecule has 0 amide bonds. The average Bonchev–Trinajstić information content (AvgIpc) is 2.94. The molecule has 3 rings (SSSR count). The molecule has 0 aliphatic rings. The summed E-state index contributed by atoms with van der Waals surface area (Å²) in [4.78, 5) is 0. The van der Waals surface area contributed by atoms with Crippen molar-refractivity contribution in [3.05, 3.63) is 33.4 Å². The maximum atomic E-state index is 9.84. The SMILES string of the molecule is Cc1c([Si](C)(C)C)c([Si](C)(C)C)c([Si](C)(C)C)c(C)c1[Si](Cl)(c1c(C)c([Si](C)(C)C)c([Si](C)(C)C)c([Si](C)(C)C)c1C)c1c(C)c([Si](C)(C)C)c([Si](C)(C)C)c([Si](C)(C)C)c1C. The van der Waals surface area contributed by atoms with Gasteiger partial charge in [-0.15, -0.1) is 11.1 Å². The highest BCUT2D eigenvalue weighted by Gasteiger charge is 2.53. The van der Waals surface area contributed by atoms with Crippen molar-refractivity contribution in [3.8, 4) is 0 Å². The smallest absolute Gasteiger partial charge is 0.149 e. The standard InChI is InChI=1S/C51H99ClSi10/c1-34-40(35(2)44(54(10,11)12)49(59(25,26)27)43(34)53(7,8)9)62(52,41-36(3)45(55(13,14)15)50(60(28,29)30)46(37(41)4)56(16,17)18)42-38(5)47(57(19,20)21)51(61(31,32)33)48(39(42)6)58(22,23)24/h1-33H3. The molecule has 0 saturated heterocycles. The van der Waals surface area contributed by atoms with Crippen molar-refractivity contribution < 1.29 is 0 Å². The van der Waals surface area contributed by atoms with E-state index in [4.69, 9.17) is 0 Å². The summed E-state index contributed by atoms with van der Waals surface area (Å²) < 4.78 is 0. The van der Waals surface area contributed by atoms with E-state index < -0.39 is 80.0 Å². The van der Waals surface area contributed by atoms with Gasteiger partial charge >= 0.3 is 0 Å². The molecule has 0 radical (unpaired) electrons. The van der Waals surface area contributed by atoms with Crippen molar-refractivity contribution in [2.75, 3.05) is 0 Å². The van der Waals surface area contributed by atoms with Gasteiger partial charge in [-0.25, -0.2) is 0 Å². The van der Waals surface area contributed by atoms with Crippen molar-refractivity contribution >= 4 is 153 Å². The van der Waals surface area contributed by atoms with Crippen LogP contribution in [0, 0.1) is 41.5 Å². The fourth-order valence-electron chi connectivity index (χ4n) is 12.9. The molecule has 0 atom stereocenters. The summed E-state index contributed by atoms with van der Waals surface area (Å²) in [6.45, 7) is 87.2. The Bertz CT molecular complexity index is 1880. The van der Waals surface area contributed by atoms with Crippen molar-refractivity contribution in [2.24, 2.45) is 0 Å². The summed E-state index contributed by atoms with van der Waals surface area (Å²) in [5.41, 5.74) is 9.48. The van der Waals surface area contributed by atoms with Gasteiger partial charge in [0.05, 0.1) is 72.7 Å². The van der Waals surface area contributed by atoms with Gasteiger partial charge in [-0.3, -0.25) is 0 Å². The highest BCUT2D eigenvalue weighted by Crippen LogP contribution is 2.28. The Balaban J connectivity index is 3.35. The Morgan fingerprint density at radius 3 is 0.355 bits per heavy atom. The highest BCUT2D eigenvalue weighted by molar-refractivity contribution is 7.41. The topological polar surface area (TPSA) is 0 Å². The van der Waals surface area contributed by atoms with Crippen LogP contribution >= 0.6 is 11.1 Å². The Morgan fingerprint density at radius 1 is 0.177 bits per heavy atom. The number of hydrogen-bond donors (Lipinski definition) is 0. The van der Waals surface area contributed by atoms with E-state index in [1.54, 1.807) is 80.1 Å². The van der Waals surface area contributed by atoms with Crippen LogP contribution in [0.3, 0.4) is 0 Å². The normalized spacial score (nSPS) is 14.6. The van der Waals surface area contributed by atoms with E-state index in [-0.39, 0.29) is 0 Å². The van der Waals surface area contributed by atoms with Gasteiger partial charge in [0.25, 0.3) is 0 Å². The van der Waals surface area contributed by atoms with E-state index >= 15 is 0 Å². The lowest BCUT2D eigenvalue weighted by molar-refractivity contribution is 1.42. The van der Waals surface area contributed by atoms with Crippen LogP contribution in [-0.2, 0) is 0 Å². The lowest BCUT2D eigenvalue weighted by Gasteiger charge is -2.46. The van der Waals surface area contributed by atoms with Crippen molar-refractivity contribution in [2.45, 2.75) is 218 Å². The molecule has 0 N–H and O–H groups in total. The first kappa shape index (κ1) is 56.4. The summed E-state index contributed by atoms with van der Waals surface area (Å²) in [5, 5.41) is 20.8. The summed E-state index contributed by atoms with van der Waals surface area (Å²) in [7, 11) is -20.2. The van der Waals surface area contributed by atoms with Crippen LogP contribution in [0.5, 0.6) is 0 Å². The molecule has 0 aromatic heterocycles. The lowest BCUT2D eigenvalue weighted by atomic mass is 10.1. The molecule has 0 aliphatic heterocycles. The quantitative estimate of drug-likeness (QED) is 0.0965. The largest absolute Gasteiger partial charge is 0.249 e. The van der Waals surface area contributed by atoms with Crippen molar-refractivity contribution in [3.63, 3.8) is 0 Å². The van der Waals surface area contributed by atoms with Crippen LogP contribution in [0.2, 0.25) is 177 Å². The van der Waals surface area contributed by atoms with Gasteiger partial charge in [0, 0.05) is 0 Å². The second-order valence-corrected chi connectivity index (χ2v) is 78.7. The molecule has 11 heteroatoms. The van der Waals surface area contributed by atoms with Crippen LogP contribution < -0.4 is 62.2 Å². The molecule has 0 bridgehead atoms. The number of benzene rings is 3. The van der Waals surface area contributed by atoms with E-state index in [0.29, 0.717) is 0 Å². The molecule has 62 heavy (non-hydrogen) atoms. The van der Waals surface area contributed by atoms with E-state index in [0.717, 1.165) is 0 Å². The second-order valence-electron chi connectivity index (χ2n) is 29.2. The van der Waals surface area contributed by atoms with Gasteiger partial charge in [-0.05, 0) is 57.1 Å². The Hall–Kier alpha value is 0.119. The third-order valence-corrected chi connectivity index (χ3v) is 40.1. The lowest BCUT2D eigenvalue weighted by Crippen LogP contribution is -2.79. The Morgan fingerprint density at radius 2 is 0.274 bits per heavy atom. The zero-order valence-corrected chi connectivity index (χ0v) is 58.1. The third kappa shape index (κ3) is 10.1. The molecule has 0 spiro atoms. The predicted molar refractivity (Wildman–Crippen MR) is 325 cm³/mol. The van der Waals surface area contributed by atoms with Crippen LogP contribution in [0.15, 0.2) is 0 Å². The fourth-order valence-corrected chi connectivity index (χ4v) is 53.0. The number of halogens is 1. The Kier molecular flexibility index (Phi) is 15.4. The molecule has 0 heterocycles. The van der Waals surface area contributed by atoms with E-state index in [2.05, 4.69) is 218 Å². The molecule has 3 aromatic carbocycles.